The first-order valence-electron chi connectivity index (χ1n) is 15.9. The highest BCUT2D eigenvalue weighted by Gasteiger charge is 2.39. The van der Waals surface area contributed by atoms with E-state index in [1.807, 2.05) is 60.7 Å². The molecule has 0 spiro atoms. The van der Waals surface area contributed by atoms with Crippen molar-refractivity contribution in [2.45, 2.75) is 65.2 Å². The van der Waals surface area contributed by atoms with E-state index in [1.165, 1.54) is 47.2 Å². The van der Waals surface area contributed by atoms with Gasteiger partial charge in [0.25, 0.3) is 0 Å². The number of carbonyl (C=O) groups excluding carboxylic acids is 2. The third kappa shape index (κ3) is 5.10. The highest BCUT2D eigenvalue weighted by Crippen LogP contribution is 2.50. The first-order valence-corrected chi connectivity index (χ1v) is 15.9. The minimum atomic E-state index is -0.560. The molecule has 0 fully saturated rings. The Labute approximate surface area is 272 Å². The molecule has 0 bridgehead atoms. The van der Waals surface area contributed by atoms with Crippen LogP contribution < -0.4 is 0 Å². The van der Waals surface area contributed by atoms with Gasteiger partial charge >= 0.3 is 11.9 Å². The molecule has 5 aromatic rings. The molecule has 0 N–H and O–H groups in total. The largest absolute Gasteiger partial charge is 0.465 e. The van der Waals surface area contributed by atoms with Gasteiger partial charge in [0.1, 0.15) is 0 Å². The number of hydrogen-bond donors (Lipinski definition) is 0. The van der Waals surface area contributed by atoms with Gasteiger partial charge in [-0.1, -0.05) is 126 Å². The molecule has 1 aliphatic rings. The standard InChI is InChI=1S/C42H42O4/c1-41(2,3)37-27-21-15-16-22-28(27)38(42(4,5)6)32-24-30-29(23-31(32)37)33(25-17-11-9-12-18-25)35(39(43)45-7)36(40(44)46-8)34(30)26-19-13-10-14-20-26/h9-22H,23-24H2,1-8H3. The number of rotatable bonds is 4. The van der Waals surface area contributed by atoms with Gasteiger partial charge in [0.05, 0.1) is 25.3 Å². The van der Waals surface area contributed by atoms with Crippen LogP contribution in [0.3, 0.4) is 0 Å². The van der Waals surface area contributed by atoms with Crippen molar-refractivity contribution >= 4 is 22.7 Å². The van der Waals surface area contributed by atoms with Crippen molar-refractivity contribution in [3.05, 3.63) is 129 Å². The van der Waals surface area contributed by atoms with Crippen LogP contribution in [-0.4, -0.2) is 26.2 Å². The fourth-order valence-corrected chi connectivity index (χ4v) is 7.71. The minimum Gasteiger partial charge on any atom is -0.465 e. The van der Waals surface area contributed by atoms with Gasteiger partial charge in [0, 0.05) is 11.1 Å². The van der Waals surface area contributed by atoms with Gasteiger partial charge in [-0.2, -0.15) is 0 Å². The fourth-order valence-electron chi connectivity index (χ4n) is 7.71. The monoisotopic (exact) mass is 610 g/mol. The lowest BCUT2D eigenvalue weighted by molar-refractivity contribution is 0.0556. The smallest absolute Gasteiger partial charge is 0.339 e. The van der Waals surface area contributed by atoms with E-state index in [1.54, 1.807) is 0 Å². The van der Waals surface area contributed by atoms with Crippen molar-refractivity contribution in [3.63, 3.8) is 0 Å². The Morgan fingerprint density at radius 2 is 0.826 bits per heavy atom. The predicted molar refractivity (Wildman–Crippen MR) is 187 cm³/mol. The van der Waals surface area contributed by atoms with Crippen LogP contribution in [0.5, 0.6) is 0 Å². The molecule has 4 nitrogen and oxygen atoms in total. The first kappa shape index (κ1) is 31.3. The van der Waals surface area contributed by atoms with Crippen LogP contribution in [0, 0.1) is 0 Å². The van der Waals surface area contributed by atoms with E-state index in [4.69, 9.17) is 9.47 Å². The number of fused-ring (bicyclic) bond motifs is 3. The number of esters is 2. The Hall–Kier alpha value is -4.70. The van der Waals surface area contributed by atoms with Crippen molar-refractivity contribution in [1.29, 1.82) is 0 Å². The average molecular weight is 611 g/mol. The highest BCUT2D eigenvalue weighted by atomic mass is 16.5. The zero-order valence-corrected chi connectivity index (χ0v) is 28.1. The van der Waals surface area contributed by atoms with Crippen LogP contribution in [0.1, 0.15) is 95.6 Å². The zero-order valence-electron chi connectivity index (χ0n) is 28.1. The lowest BCUT2D eigenvalue weighted by Gasteiger charge is -2.38. The summed E-state index contributed by atoms with van der Waals surface area (Å²) in [5.74, 6) is -1.12. The van der Waals surface area contributed by atoms with Crippen LogP contribution in [-0.2, 0) is 33.1 Å². The average Bonchev–Trinajstić information content (AvgIpc) is 3.04. The molecule has 0 aromatic heterocycles. The Balaban J connectivity index is 1.87. The molecular weight excluding hydrogens is 568 g/mol. The van der Waals surface area contributed by atoms with Gasteiger partial charge in [-0.3, -0.25) is 0 Å². The highest BCUT2D eigenvalue weighted by molar-refractivity contribution is 6.13. The molecule has 46 heavy (non-hydrogen) atoms. The molecule has 0 atom stereocenters. The molecule has 4 heteroatoms. The Bertz CT molecular complexity index is 1840. The molecular formula is C42H42O4. The Kier molecular flexibility index (Phi) is 7.88. The normalized spacial score (nSPS) is 12.8. The summed E-state index contributed by atoms with van der Waals surface area (Å²) in [4.78, 5) is 27.8. The topological polar surface area (TPSA) is 52.6 Å². The third-order valence-electron chi connectivity index (χ3n) is 9.26. The maximum Gasteiger partial charge on any atom is 0.339 e. The van der Waals surface area contributed by atoms with Crippen molar-refractivity contribution < 1.29 is 19.1 Å². The van der Waals surface area contributed by atoms with E-state index in [0.29, 0.717) is 12.8 Å². The number of benzene rings is 5. The summed E-state index contributed by atoms with van der Waals surface area (Å²) >= 11 is 0. The number of ether oxygens (including phenoxy) is 2. The number of methoxy groups -OCH3 is 2. The summed E-state index contributed by atoms with van der Waals surface area (Å²) < 4.78 is 10.9. The fraction of sp³-hybridized carbons (Fsp3) is 0.286. The van der Waals surface area contributed by atoms with E-state index < -0.39 is 11.9 Å². The van der Waals surface area contributed by atoms with Crippen molar-refractivity contribution in [2.24, 2.45) is 0 Å². The zero-order chi connectivity index (χ0) is 33.0. The van der Waals surface area contributed by atoms with Crippen LogP contribution in [0.25, 0.3) is 33.0 Å². The van der Waals surface area contributed by atoms with Crippen LogP contribution in [0.2, 0.25) is 0 Å². The first-order chi connectivity index (χ1) is 21.9. The SMILES string of the molecule is COC(=O)c1c(C(=O)OC)c(-c2ccccc2)c2c(c1-c1ccccc1)Cc1c(c(C(C)(C)C)c3ccccc3c1C(C)(C)C)C2. The van der Waals surface area contributed by atoms with Gasteiger partial charge in [-0.25, -0.2) is 9.59 Å². The molecule has 0 radical (unpaired) electrons. The molecule has 5 aromatic carbocycles. The maximum absolute atomic E-state index is 13.9. The van der Waals surface area contributed by atoms with Crippen molar-refractivity contribution in [1.82, 2.24) is 0 Å². The summed E-state index contributed by atoms with van der Waals surface area (Å²) in [5.41, 5.74) is 10.8. The molecule has 1 aliphatic carbocycles. The molecule has 6 rings (SSSR count). The van der Waals surface area contributed by atoms with Gasteiger partial charge in [-0.05, 0) is 79.0 Å². The van der Waals surface area contributed by atoms with E-state index in [9.17, 15) is 9.59 Å². The quantitative estimate of drug-likeness (QED) is 0.187. The predicted octanol–water partition coefficient (Wildman–Crippen LogP) is 9.84. The molecule has 0 amide bonds. The second-order valence-corrected chi connectivity index (χ2v) is 14.3. The summed E-state index contributed by atoms with van der Waals surface area (Å²) in [6.45, 7) is 13.7. The molecule has 0 saturated carbocycles. The van der Waals surface area contributed by atoms with E-state index in [2.05, 4.69) is 65.8 Å². The van der Waals surface area contributed by atoms with E-state index in [-0.39, 0.29) is 22.0 Å². The minimum absolute atomic E-state index is 0.149. The van der Waals surface area contributed by atoms with Gasteiger partial charge in [-0.15, -0.1) is 0 Å². The second-order valence-electron chi connectivity index (χ2n) is 14.3. The molecule has 0 heterocycles. The second kappa shape index (κ2) is 11.6. The summed E-state index contributed by atoms with van der Waals surface area (Å²) in [7, 11) is 2.74. The summed E-state index contributed by atoms with van der Waals surface area (Å²) in [5, 5.41) is 2.54. The molecule has 0 saturated heterocycles. The van der Waals surface area contributed by atoms with Crippen LogP contribution >= 0.6 is 0 Å². The lowest BCUT2D eigenvalue weighted by atomic mass is 9.66. The number of hydrogen-bond acceptors (Lipinski definition) is 4. The Morgan fingerprint density at radius 3 is 1.13 bits per heavy atom. The van der Waals surface area contributed by atoms with Crippen molar-refractivity contribution in [2.75, 3.05) is 14.2 Å². The molecule has 0 unspecified atom stereocenters. The number of carbonyl (C=O) groups is 2. The van der Waals surface area contributed by atoms with Gasteiger partial charge < -0.3 is 9.47 Å². The Morgan fingerprint density at radius 1 is 0.500 bits per heavy atom. The van der Waals surface area contributed by atoms with Crippen LogP contribution in [0.4, 0.5) is 0 Å². The molecule has 234 valence electrons. The van der Waals surface area contributed by atoms with Crippen molar-refractivity contribution in [3.8, 4) is 22.3 Å². The van der Waals surface area contributed by atoms with Crippen LogP contribution in [0.15, 0.2) is 84.9 Å². The van der Waals surface area contributed by atoms with Gasteiger partial charge in [0.15, 0.2) is 0 Å². The summed E-state index contributed by atoms with van der Waals surface area (Å²) in [6, 6.07) is 28.6. The third-order valence-corrected chi connectivity index (χ3v) is 9.26. The maximum atomic E-state index is 13.9. The van der Waals surface area contributed by atoms with E-state index >= 15 is 0 Å². The molecule has 0 aliphatic heterocycles. The summed E-state index contributed by atoms with van der Waals surface area (Å²) in [6.07, 6.45) is 1.22. The van der Waals surface area contributed by atoms with Gasteiger partial charge in [0.2, 0.25) is 0 Å². The van der Waals surface area contributed by atoms with E-state index in [0.717, 1.165) is 33.4 Å². The lowest BCUT2D eigenvalue weighted by Crippen LogP contribution is -2.27.